The van der Waals surface area contributed by atoms with E-state index in [-0.39, 0.29) is 12.1 Å². The van der Waals surface area contributed by atoms with Gasteiger partial charge in [0.15, 0.2) is 0 Å². The molecule has 1 aromatic rings. The lowest BCUT2D eigenvalue weighted by atomic mass is 10.1. The zero-order valence-electron chi connectivity index (χ0n) is 10.0. The molecule has 0 amide bonds. The lowest BCUT2D eigenvalue weighted by Gasteiger charge is -2.33. The predicted octanol–water partition coefficient (Wildman–Crippen LogP) is 3.05. The summed E-state index contributed by atoms with van der Waals surface area (Å²) < 4.78 is 27.0. The van der Waals surface area contributed by atoms with Crippen LogP contribution in [0.5, 0.6) is 0 Å². The van der Waals surface area contributed by atoms with E-state index in [1.54, 1.807) is 28.6 Å². The van der Waals surface area contributed by atoms with Gasteiger partial charge in [-0.3, -0.25) is 0 Å². The van der Waals surface area contributed by atoms with Gasteiger partial charge in [-0.25, -0.2) is 8.42 Å². The van der Waals surface area contributed by atoms with E-state index in [2.05, 4.69) is 0 Å². The maximum atomic E-state index is 12.6. The molecule has 3 nitrogen and oxygen atoms in total. The van der Waals surface area contributed by atoms with Gasteiger partial charge in [-0.2, -0.15) is 4.31 Å². The van der Waals surface area contributed by atoms with Gasteiger partial charge in [0.25, 0.3) is 0 Å². The predicted molar refractivity (Wildman–Crippen MR) is 71.1 cm³/mol. The number of halogens is 1. The highest BCUT2D eigenvalue weighted by molar-refractivity contribution is 7.89. The topological polar surface area (TPSA) is 37.4 Å². The molecule has 2 aliphatic heterocycles. The van der Waals surface area contributed by atoms with E-state index in [0.717, 1.165) is 32.1 Å². The number of piperidine rings is 1. The van der Waals surface area contributed by atoms with E-state index in [0.29, 0.717) is 9.92 Å². The highest BCUT2D eigenvalue weighted by Crippen LogP contribution is 2.39. The standard InChI is InChI=1S/C13H16ClNO2S/c14-10-4-8-13(9-5-10)18(16,17)15-11-2-1-3-12(15)7-6-11/h4-5,8-9,11-12H,1-3,6-7H2. The third-order valence-electron chi connectivity index (χ3n) is 4.02. The second-order valence-electron chi connectivity index (χ2n) is 5.10. The molecule has 0 N–H and O–H groups in total. The van der Waals surface area contributed by atoms with Crippen molar-refractivity contribution in [2.45, 2.75) is 49.1 Å². The molecule has 0 spiro atoms. The Hall–Kier alpha value is -0.580. The summed E-state index contributed by atoms with van der Waals surface area (Å²) in [5, 5.41) is 0.565. The third kappa shape index (κ3) is 1.96. The maximum Gasteiger partial charge on any atom is 0.243 e. The van der Waals surface area contributed by atoms with Crippen LogP contribution in [0.1, 0.15) is 32.1 Å². The molecule has 2 atom stereocenters. The van der Waals surface area contributed by atoms with Crippen molar-refractivity contribution >= 4 is 21.6 Å². The van der Waals surface area contributed by atoms with E-state index in [1.165, 1.54) is 0 Å². The average molecular weight is 286 g/mol. The van der Waals surface area contributed by atoms with Gasteiger partial charge in [0.2, 0.25) is 10.0 Å². The molecule has 5 heteroatoms. The number of hydrogen-bond donors (Lipinski definition) is 0. The Labute approximate surface area is 113 Å². The largest absolute Gasteiger partial charge is 0.243 e. The molecule has 0 radical (unpaired) electrons. The van der Waals surface area contributed by atoms with Gasteiger partial charge in [0, 0.05) is 17.1 Å². The molecule has 3 rings (SSSR count). The molecule has 2 aliphatic rings. The zero-order valence-corrected chi connectivity index (χ0v) is 11.6. The number of hydrogen-bond acceptors (Lipinski definition) is 2. The highest BCUT2D eigenvalue weighted by Gasteiger charge is 2.44. The second-order valence-corrected chi connectivity index (χ2v) is 7.38. The first-order valence-corrected chi connectivity index (χ1v) is 8.20. The van der Waals surface area contributed by atoms with E-state index in [1.807, 2.05) is 0 Å². The number of fused-ring (bicyclic) bond motifs is 2. The van der Waals surface area contributed by atoms with Crippen LogP contribution in [0.25, 0.3) is 0 Å². The molecule has 2 heterocycles. The molecule has 1 aromatic carbocycles. The first-order valence-electron chi connectivity index (χ1n) is 6.38. The Morgan fingerprint density at radius 2 is 1.56 bits per heavy atom. The molecule has 0 aromatic heterocycles. The summed E-state index contributed by atoms with van der Waals surface area (Å²) in [6.45, 7) is 0. The lowest BCUT2D eigenvalue weighted by molar-refractivity contribution is 0.248. The summed E-state index contributed by atoms with van der Waals surface area (Å²) in [6, 6.07) is 6.91. The maximum absolute atomic E-state index is 12.6. The van der Waals surface area contributed by atoms with E-state index >= 15 is 0 Å². The van der Waals surface area contributed by atoms with E-state index in [9.17, 15) is 8.42 Å². The summed E-state index contributed by atoms with van der Waals surface area (Å²) in [4.78, 5) is 0.366. The quantitative estimate of drug-likeness (QED) is 0.837. The third-order valence-corrected chi connectivity index (χ3v) is 6.29. The number of rotatable bonds is 2. The van der Waals surface area contributed by atoms with Crippen LogP contribution in [-0.2, 0) is 10.0 Å². The first kappa shape index (κ1) is 12.5. The molecular weight excluding hydrogens is 270 g/mol. The highest BCUT2D eigenvalue weighted by atomic mass is 35.5. The summed E-state index contributed by atoms with van der Waals surface area (Å²) in [5.41, 5.74) is 0. The summed E-state index contributed by atoms with van der Waals surface area (Å²) in [5.74, 6) is 0. The van der Waals surface area contributed by atoms with Crippen LogP contribution in [0.15, 0.2) is 29.2 Å². The van der Waals surface area contributed by atoms with Crippen LogP contribution >= 0.6 is 11.6 Å². The van der Waals surface area contributed by atoms with Crippen LogP contribution in [0, 0.1) is 0 Å². The van der Waals surface area contributed by atoms with Crippen molar-refractivity contribution in [1.82, 2.24) is 4.31 Å². The summed E-state index contributed by atoms with van der Waals surface area (Å²) in [7, 11) is -3.34. The van der Waals surface area contributed by atoms with Crippen molar-refractivity contribution in [2.24, 2.45) is 0 Å². The monoisotopic (exact) mass is 285 g/mol. The molecule has 0 saturated carbocycles. The molecule has 0 aliphatic carbocycles. The van der Waals surface area contributed by atoms with Crippen molar-refractivity contribution in [3.63, 3.8) is 0 Å². The molecule has 2 unspecified atom stereocenters. The van der Waals surface area contributed by atoms with Crippen LogP contribution in [0.3, 0.4) is 0 Å². The van der Waals surface area contributed by atoms with Crippen LogP contribution in [0.4, 0.5) is 0 Å². The Morgan fingerprint density at radius 1 is 1.00 bits per heavy atom. The van der Waals surface area contributed by atoms with Crippen molar-refractivity contribution in [1.29, 1.82) is 0 Å². The van der Waals surface area contributed by atoms with E-state index in [4.69, 9.17) is 11.6 Å². The van der Waals surface area contributed by atoms with Gasteiger partial charge < -0.3 is 0 Å². The molecule has 18 heavy (non-hydrogen) atoms. The molecule has 2 saturated heterocycles. The minimum Gasteiger partial charge on any atom is -0.207 e. The van der Waals surface area contributed by atoms with Gasteiger partial charge >= 0.3 is 0 Å². The summed E-state index contributed by atoms with van der Waals surface area (Å²) in [6.07, 6.45) is 5.18. The SMILES string of the molecule is O=S(=O)(c1ccc(Cl)cc1)N1C2CCCC1CC2. The van der Waals surface area contributed by atoms with Gasteiger partial charge in [-0.15, -0.1) is 0 Å². The van der Waals surface area contributed by atoms with Crippen molar-refractivity contribution in [3.05, 3.63) is 29.3 Å². The Balaban J connectivity index is 1.97. The van der Waals surface area contributed by atoms with Crippen LogP contribution in [0.2, 0.25) is 5.02 Å². The number of nitrogens with zero attached hydrogens (tertiary/aromatic N) is 1. The van der Waals surface area contributed by atoms with Crippen LogP contribution in [-0.4, -0.2) is 24.8 Å². The van der Waals surface area contributed by atoms with Gasteiger partial charge in [0.05, 0.1) is 4.90 Å². The Kier molecular flexibility index (Phi) is 3.12. The molecular formula is C13H16ClNO2S. The Morgan fingerprint density at radius 3 is 2.11 bits per heavy atom. The minimum atomic E-state index is -3.34. The van der Waals surface area contributed by atoms with Gasteiger partial charge in [-0.05, 0) is 49.9 Å². The fourth-order valence-corrected chi connectivity index (χ4v) is 5.25. The van der Waals surface area contributed by atoms with Gasteiger partial charge in [0.1, 0.15) is 0 Å². The number of benzene rings is 1. The van der Waals surface area contributed by atoms with Crippen LogP contribution < -0.4 is 0 Å². The fourth-order valence-electron chi connectivity index (χ4n) is 3.19. The number of sulfonamides is 1. The smallest absolute Gasteiger partial charge is 0.207 e. The second kappa shape index (κ2) is 4.51. The summed E-state index contributed by atoms with van der Waals surface area (Å²) >= 11 is 5.81. The fraction of sp³-hybridized carbons (Fsp3) is 0.538. The zero-order chi connectivity index (χ0) is 12.8. The Bertz CT molecular complexity index is 525. The van der Waals surface area contributed by atoms with Crippen molar-refractivity contribution < 1.29 is 8.42 Å². The molecule has 2 bridgehead atoms. The normalized spacial score (nSPS) is 28.5. The average Bonchev–Trinajstić information content (AvgIpc) is 2.62. The minimum absolute atomic E-state index is 0.212. The lowest BCUT2D eigenvalue weighted by Crippen LogP contribution is -2.43. The van der Waals surface area contributed by atoms with E-state index < -0.39 is 10.0 Å². The van der Waals surface area contributed by atoms with Crippen molar-refractivity contribution in [3.8, 4) is 0 Å². The molecule has 98 valence electrons. The molecule has 2 fully saturated rings. The first-order chi connectivity index (χ1) is 8.59. The van der Waals surface area contributed by atoms with Crippen molar-refractivity contribution in [2.75, 3.05) is 0 Å². The van der Waals surface area contributed by atoms with Gasteiger partial charge in [-0.1, -0.05) is 18.0 Å².